The standard InChI is InChI=1S/C25H21NO.C2HF3O2/c27-25-13-11-20(12-14-25)15-16-26-18-23(21-7-3-1-4-8-21)17-24(19-26)22-9-5-2-6-10-22;3-2(4,5)1(6)7/h1-14,17-19H,15-16H2;(H,6,7)/p+1. The Hall–Kier alpha value is -4.13. The summed E-state index contributed by atoms with van der Waals surface area (Å²) >= 11 is 0. The number of carboxylic acid groups (broad SMARTS) is 1. The van der Waals surface area contributed by atoms with E-state index in [9.17, 15) is 18.3 Å². The normalized spacial score (nSPS) is 10.8. The summed E-state index contributed by atoms with van der Waals surface area (Å²) in [5, 5.41) is 16.6. The molecule has 174 valence electrons. The molecule has 4 nitrogen and oxygen atoms in total. The Morgan fingerprint density at radius 1 is 0.735 bits per heavy atom. The van der Waals surface area contributed by atoms with Gasteiger partial charge in [-0.25, -0.2) is 9.36 Å². The number of hydrogen-bond acceptors (Lipinski definition) is 2. The van der Waals surface area contributed by atoms with E-state index in [-0.39, 0.29) is 0 Å². The van der Waals surface area contributed by atoms with Crippen LogP contribution in [0.1, 0.15) is 5.56 Å². The van der Waals surface area contributed by atoms with Gasteiger partial charge in [0.2, 0.25) is 0 Å². The van der Waals surface area contributed by atoms with Crippen LogP contribution in [-0.4, -0.2) is 22.4 Å². The van der Waals surface area contributed by atoms with Gasteiger partial charge in [-0.3, -0.25) is 0 Å². The molecule has 0 aliphatic heterocycles. The fourth-order valence-corrected chi connectivity index (χ4v) is 3.26. The first-order valence-corrected chi connectivity index (χ1v) is 10.5. The van der Waals surface area contributed by atoms with Gasteiger partial charge in [0, 0.05) is 17.5 Å². The van der Waals surface area contributed by atoms with E-state index in [4.69, 9.17) is 9.90 Å². The van der Waals surface area contributed by atoms with E-state index in [0.29, 0.717) is 5.75 Å². The first-order chi connectivity index (χ1) is 16.2. The molecule has 0 saturated heterocycles. The number of aromatic nitrogens is 1. The zero-order valence-electron chi connectivity index (χ0n) is 18.1. The second kappa shape index (κ2) is 11.1. The molecule has 0 radical (unpaired) electrons. The van der Waals surface area contributed by atoms with Crippen LogP contribution in [0.3, 0.4) is 0 Å². The molecule has 0 saturated carbocycles. The summed E-state index contributed by atoms with van der Waals surface area (Å²) in [6.45, 7) is 0.880. The fourth-order valence-electron chi connectivity index (χ4n) is 3.26. The predicted molar refractivity (Wildman–Crippen MR) is 123 cm³/mol. The van der Waals surface area contributed by atoms with E-state index in [1.165, 1.54) is 27.8 Å². The number of carbonyl (C=O) groups is 1. The average Bonchev–Trinajstić information content (AvgIpc) is 2.84. The van der Waals surface area contributed by atoms with Crippen molar-refractivity contribution in [1.29, 1.82) is 0 Å². The number of phenols is 1. The highest BCUT2D eigenvalue weighted by molar-refractivity contribution is 5.73. The summed E-state index contributed by atoms with van der Waals surface area (Å²) in [4.78, 5) is 8.90. The van der Waals surface area contributed by atoms with Gasteiger partial charge in [0.1, 0.15) is 5.75 Å². The van der Waals surface area contributed by atoms with E-state index < -0.39 is 12.1 Å². The van der Waals surface area contributed by atoms with Gasteiger partial charge < -0.3 is 10.2 Å². The third kappa shape index (κ3) is 7.20. The van der Waals surface area contributed by atoms with Gasteiger partial charge in [-0.2, -0.15) is 13.2 Å². The van der Waals surface area contributed by atoms with Crippen molar-refractivity contribution in [3.05, 3.63) is 109 Å². The minimum Gasteiger partial charge on any atom is -0.508 e. The van der Waals surface area contributed by atoms with Crippen molar-refractivity contribution in [3.63, 3.8) is 0 Å². The van der Waals surface area contributed by atoms with Crippen molar-refractivity contribution in [1.82, 2.24) is 0 Å². The molecule has 3 aromatic carbocycles. The smallest absolute Gasteiger partial charge is 0.490 e. The first kappa shape index (κ1) is 24.5. The molecule has 0 fully saturated rings. The number of aryl methyl sites for hydroxylation is 2. The molecule has 4 rings (SSSR count). The number of phenolic OH excluding ortho intramolecular Hbond substituents is 1. The van der Waals surface area contributed by atoms with Crippen molar-refractivity contribution < 1.29 is 32.7 Å². The maximum atomic E-state index is 10.6. The number of aliphatic carboxylic acids is 1. The van der Waals surface area contributed by atoms with Crippen molar-refractivity contribution >= 4 is 5.97 Å². The Morgan fingerprint density at radius 2 is 1.18 bits per heavy atom. The molecule has 0 bridgehead atoms. The Labute approximate surface area is 195 Å². The SMILES string of the molecule is O=C(O)C(F)(F)F.Oc1ccc(CC[n+]2cc(-c3ccccc3)cc(-c3ccccc3)c2)cc1. The van der Waals surface area contributed by atoms with Crippen molar-refractivity contribution in [2.24, 2.45) is 0 Å². The summed E-state index contributed by atoms with van der Waals surface area (Å²) < 4.78 is 34.0. The lowest BCUT2D eigenvalue weighted by Crippen LogP contribution is -2.34. The Balaban J connectivity index is 0.000000406. The molecular formula is C27H23F3NO3+. The summed E-state index contributed by atoms with van der Waals surface area (Å²) in [5.74, 6) is -2.45. The third-order valence-corrected chi connectivity index (χ3v) is 4.97. The van der Waals surface area contributed by atoms with Crippen molar-refractivity contribution in [3.8, 4) is 28.0 Å². The number of rotatable bonds is 5. The van der Waals surface area contributed by atoms with E-state index >= 15 is 0 Å². The maximum absolute atomic E-state index is 10.6. The first-order valence-electron chi connectivity index (χ1n) is 10.5. The number of hydrogen-bond donors (Lipinski definition) is 2. The topological polar surface area (TPSA) is 61.4 Å². The van der Waals surface area contributed by atoms with Gasteiger partial charge in [-0.1, -0.05) is 72.8 Å². The summed E-state index contributed by atoms with van der Waals surface area (Å²) in [5.41, 5.74) is 6.07. The van der Waals surface area contributed by atoms with Gasteiger partial charge in [-0.15, -0.1) is 0 Å². The van der Waals surface area contributed by atoms with Gasteiger partial charge >= 0.3 is 12.1 Å². The van der Waals surface area contributed by atoms with E-state index in [2.05, 4.69) is 71.6 Å². The van der Waals surface area contributed by atoms with Crippen LogP contribution in [0.25, 0.3) is 22.3 Å². The van der Waals surface area contributed by atoms with Crippen LogP contribution in [-0.2, 0) is 17.8 Å². The highest BCUT2D eigenvalue weighted by Gasteiger charge is 2.38. The number of benzene rings is 3. The quantitative estimate of drug-likeness (QED) is 0.361. The van der Waals surface area contributed by atoms with Gasteiger partial charge in [0.05, 0.1) is 0 Å². The Kier molecular flexibility index (Phi) is 8.03. The number of alkyl halides is 3. The molecule has 7 heteroatoms. The second-order valence-electron chi connectivity index (χ2n) is 7.50. The summed E-state index contributed by atoms with van der Waals surface area (Å²) in [6.07, 6.45) is 0.252. The van der Waals surface area contributed by atoms with Crippen LogP contribution < -0.4 is 4.57 Å². The molecule has 1 heterocycles. The summed E-state index contributed by atoms with van der Waals surface area (Å²) in [6, 6.07) is 30.7. The Bertz CT molecular complexity index is 1150. The molecule has 2 N–H and O–H groups in total. The lowest BCUT2D eigenvalue weighted by Gasteiger charge is -2.07. The minimum atomic E-state index is -5.08. The average molecular weight is 466 g/mol. The molecule has 0 atom stereocenters. The molecule has 0 unspecified atom stereocenters. The maximum Gasteiger partial charge on any atom is 0.490 e. The highest BCUT2D eigenvalue weighted by Crippen LogP contribution is 2.24. The number of nitrogens with zero attached hydrogens (tertiary/aromatic N) is 1. The lowest BCUT2D eigenvalue weighted by atomic mass is 10.0. The van der Waals surface area contributed by atoms with Crippen LogP contribution >= 0.6 is 0 Å². The third-order valence-electron chi connectivity index (χ3n) is 4.97. The molecule has 34 heavy (non-hydrogen) atoms. The lowest BCUT2D eigenvalue weighted by molar-refractivity contribution is -0.695. The zero-order valence-corrected chi connectivity index (χ0v) is 18.1. The second-order valence-corrected chi connectivity index (χ2v) is 7.50. The van der Waals surface area contributed by atoms with Crippen molar-refractivity contribution in [2.75, 3.05) is 0 Å². The number of carboxylic acids is 1. The molecule has 0 aliphatic rings. The molecule has 0 aliphatic carbocycles. The van der Waals surface area contributed by atoms with Gasteiger partial charge in [0.15, 0.2) is 18.9 Å². The van der Waals surface area contributed by atoms with Crippen LogP contribution in [0, 0.1) is 0 Å². The highest BCUT2D eigenvalue weighted by atomic mass is 19.4. The number of halogens is 3. The minimum absolute atomic E-state index is 0.309. The van der Waals surface area contributed by atoms with Crippen LogP contribution in [0.5, 0.6) is 5.75 Å². The number of aromatic hydroxyl groups is 1. The summed E-state index contributed by atoms with van der Waals surface area (Å²) in [7, 11) is 0. The molecule has 0 amide bonds. The monoisotopic (exact) mass is 466 g/mol. The number of pyridine rings is 1. The molecular weight excluding hydrogens is 443 g/mol. The molecule has 4 aromatic rings. The largest absolute Gasteiger partial charge is 0.508 e. The van der Waals surface area contributed by atoms with Crippen LogP contribution in [0.2, 0.25) is 0 Å². The van der Waals surface area contributed by atoms with E-state index in [1.807, 2.05) is 24.3 Å². The predicted octanol–water partition coefficient (Wildman–Crippen LogP) is 5.89. The molecule has 1 aromatic heterocycles. The molecule has 0 spiro atoms. The van der Waals surface area contributed by atoms with E-state index in [1.54, 1.807) is 12.1 Å². The van der Waals surface area contributed by atoms with Crippen LogP contribution in [0.15, 0.2) is 103 Å². The van der Waals surface area contributed by atoms with E-state index in [0.717, 1.165) is 13.0 Å². The van der Waals surface area contributed by atoms with Crippen molar-refractivity contribution in [2.45, 2.75) is 19.1 Å². The van der Waals surface area contributed by atoms with Crippen LogP contribution in [0.4, 0.5) is 13.2 Å². The van der Waals surface area contributed by atoms with Gasteiger partial charge in [-0.05, 0) is 34.9 Å². The Morgan fingerprint density at radius 3 is 1.59 bits per heavy atom. The van der Waals surface area contributed by atoms with Gasteiger partial charge in [0.25, 0.3) is 0 Å². The zero-order chi connectivity index (χ0) is 24.6. The fraction of sp³-hybridized carbons (Fsp3) is 0.111.